The average molecular weight is 397 g/mol. The smallest absolute Gasteiger partial charge is 0.322 e. The van der Waals surface area contributed by atoms with Crippen molar-refractivity contribution in [2.45, 2.75) is 23.4 Å². The van der Waals surface area contributed by atoms with Gasteiger partial charge >= 0.3 is 5.97 Å². The highest BCUT2D eigenvalue weighted by Gasteiger charge is 2.39. The number of pyridine rings is 1. The normalized spacial score (nSPS) is 18.1. The number of methoxy groups -OCH3 is 1. The van der Waals surface area contributed by atoms with E-state index in [0.717, 1.165) is 16.9 Å². The maximum absolute atomic E-state index is 12.6. The molecule has 3 aromatic rings. The van der Waals surface area contributed by atoms with E-state index in [9.17, 15) is 4.79 Å². The van der Waals surface area contributed by atoms with Crippen LogP contribution in [0.5, 0.6) is 5.75 Å². The van der Waals surface area contributed by atoms with Crippen molar-refractivity contribution >= 4 is 17.7 Å². The molecule has 144 valence electrons. The highest BCUT2D eigenvalue weighted by Crippen LogP contribution is 2.39. The monoisotopic (exact) mass is 397 g/mol. The third-order valence-corrected chi connectivity index (χ3v) is 5.54. The summed E-state index contributed by atoms with van der Waals surface area (Å²) in [4.78, 5) is 16.8. The van der Waals surface area contributed by atoms with Crippen molar-refractivity contribution < 1.29 is 14.3 Å². The minimum Gasteiger partial charge on any atom is -0.497 e. The van der Waals surface area contributed by atoms with Gasteiger partial charge in [-0.25, -0.2) is 4.68 Å². The molecule has 3 heterocycles. The molecule has 0 spiro atoms. The van der Waals surface area contributed by atoms with E-state index in [-0.39, 0.29) is 12.0 Å². The van der Waals surface area contributed by atoms with Crippen molar-refractivity contribution in [3.05, 3.63) is 54.4 Å². The second-order valence-corrected chi connectivity index (χ2v) is 7.16. The van der Waals surface area contributed by atoms with Crippen molar-refractivity contribution in [1.29, 1.82) is 0 Å². The highest BCUT2D eigenvalue weighted by molar-refractivity contribution is 8.00. The number of esters is 1. The molecule has 1 N–H and O–H groups in total. The minimum absolute atomic E-state index is 0.294. The zero-order valence-electron chi connectivity index (χ0n) is 15.4. The Hall–Kier alpha value is -3.07. The van der Waals surface area contributed by atoms with Crippen molar-refractivity contribution in [3.63, 3.8) is 0 Å². The van der Waals surface area contributed by atoms with Crippen LogP contribution < -0.4 is 10.2 Å². The van der Waals surface area contributed by atoms with Gasteiger partial charge in [0.05, 0.1) is 19.8 Å². The summed E-state index contributed by atoms with van der Waals surface area (Å²) in [5, 5.41) is 8.63. The maximum Gasteiger partial charge on any atom is 0.322 e. The SMILES string of the molecule is CCOC(=O)[C@@H]1Sc2nnc(-c3cccnc3)n2N[C@@H]1c1ccc(OC)cc1. The van der Waals surface area contributed by atoms with Gasteiger partial charge in [-0.1, -0.05) is 23.9 Å². The van der Waals surface area contributed by atoms with E-state index in [0.29, 0.717) is 17.6 Å². The first kappa shape index (κ1) is 18.3. The number of benzene rings is 1. The Morgan fingerprint density at radius 3 is 2.75 bits per heavy atom. The van der Waals surface area contributed by atoms with Gasteiger partial charge in [-0.2, -0.15) is 0 Å². The van der Waals surface area contributed by atoms with Crippen LogP contribution >= 0.6 is 11.8 Å². The molecule has 9 heteroatoms. The molecule has 4 rings (SSSR count). The van der Waals surface area contributed by atoms with Gasteiger partial charge in [-0.3, -0.25) is 9.78 Å². The quantitative estimate of drug-likeness (QED) is 0.657. The van der Waals surface area contributed by atoms with Crippen LogP contribution in [0.4, 0.5) is 0 Å². The molecular formula is C19H19N5O3S. The van der Waals surface area contributed by atoms with Crippen molar-refractivity contribution in [2.24, 2.45) is 0 Å². The fourth-order valence-corrected chi connectivity index (χ4v) is 4.08. The lowest BCUT2D eigenvalue weighted by atomic mass is 10.0. The number of aromatic nitrogens is 4. The molecule has 2 aromatic heterocycles. The Morgan fingerprint density at radius 2 is 2.07 bits per heavy atom. The van der Waals surface area contributed by atoms with Crippen LogP contribution in [0.2, 0.25) is 0 Å². The maximum atomic E-state index is 12.6. The summed E-state index contributed by atoms with van der Waals surface area (Å²) in [6.45, 7) is 2.11. The molecule has 0 unspecified atom stereocenters. The number of rotatable bonds is 5. The zero-order chi connectivity index (χ0) is 19.5. The molecule has 0 fully saturated rings. The van der Waals surface area contributed by atoms with Crippen LogP contribution in [0, 0.1) is 0 Å². The van der Waals surface area contributed by atoms with E-state index in [1.807, 2.05) is 36.4 Å². The number of carbonyl (C=O) groups is 1. The fraction of sp³-hybridized carbons (Fsp3) is 0.263. The molecule has 0 aliphatic carbocycles. The molecule has 1 aliphatic heterocycles. The van der Waals surface area contributed by atoms with E-state index in [1.165, 1.54) is 11.8 Å². The Kier molecular flexibility index (Phi) is 5.16. The number of hydrogen-bond acceptors (Lipinski definition) is 8. The van der Waals surface area contributed by atoms with Gasteiger partial charge in [0, 0.05) is 18.0 Å². The van der Waals surface area contributed by atoms with Gasteiger partial charge < -0.3 is 14.9 Å². The molecule has 8 nitrogen and oxygen atoms in total. The van der Waals surface area contributed by atoms with E-state index >= 15 is 0 Å². The molecule has 0 saturated carbocycles. The van der Waals surface area contributed by atoms with Crippen molar-refractivity contribution in [3.8, 4) is 17.1 Å². The summed E-state index contributed by atoms with van der Waals surface area (Å²) in [7, 11) is 1.62. The number of fused-ring (bicyclic) bond motifs is 1. The van der Waals surface area contributed by atoms with Gasteiger partial charge in [0.2, 0.25) is 5.16 Å². The lowest BCUT2D eigenvalue weighted by Crippen LogP contribution is -2.39. The van der Waals surface area contributed by atoms with E-state index in [1.54, 1.807) is 31.1 Å². The van der Waals surface area contributed by atoms with E-state index < -0.39 is 5.25 Å². The van der Waals surface area contributed by atoms with Gasteiger partial charge in [0.25, 0.3) is 0 Å². The first-order valence-corrected chi connectivity index (χ1v) is 9.69. The predicted octanol–water partition coefficient (Wildman–Crippen LogP) is 2.67. The summed E-state index contributed by atoms with van der Waals surface area (Å²) in [6.07, 6.45) is 3.43. The summed E-state index contributed by atoms with van der Waals surface area (Å²) in [6, 6.07) is 11.0. The lowest BCUT2D eigenvalue weighted by Gasteiger charge is -2.32. The van der Waals surface area contributed by atoms with E-state index in [4.69, 9.17) is 9.47 Å². The number of carbonyl (C=O) groups excluding carboxylic acids is 1. The highest BCUT2D eigenvalue weighted by atomic mass is 32.2. The number of ether oxygens (including phenoxy) is 2. The third kappa shape index (κ3) is 3.40. The first-order valence-electron chi connectivity index (χ1n) is 8.81. The van der Waals surface area contributed by atoms with Crippen molar-refractivity contribution in [2.75, 3.05) is 19.1 Å². The van der Waals surface area contributed by atoms with Crippen LogP contribution in [0.25, 0.3) is 11.4 Å². The first-order chi connectivity index (χ1) is 13.7. The minimum atomic E-state index is -0.494. The van der Waals surface area contributed by atoms with Gasteiger partial charge in [0.15, 0.2) is 5.82 Å². The third-order valence-electron chi connectivity index (χ3n) is 4.35. The molecule has 0 radical (unpaired) electrons. The van der Waals surface area contributed by atoms with Gasteiger partial charge in [-0.15, -0.1) is 10.2 Å². The average Bonchev–Trinajstić information content (AvgIpc) is 3.16. The van der Waals surface area contributed by atoms with Crippen LogP contribution in [-0.4, -0.2) is 44.8 Å². The molecule has 0 amide bonds. The topological polar surface area (TPSA) is 91.2 Å². The van der Waals surface area contributed by atoms with Gasteiger partial charge in [-0.05, 0) is 36.8 Å². The summed E-state index contributed by atoms with van der Waals surface area (Å²) in [5.41, 5.74) is 5.15. The molecule has 2 atom stereocenters. The van der Waals surface area contributed by atoms with E-state index in [2.05, 4.69) is 20.6 Å². The summed E-state index contributed by atoms with van der Waals surface area (Å²) < 4.78 is 12.3. The Bertz CT molecular complexity index is 961. The summed E-state index contributed by atoms with van der Waals surface area (Å²) >= 11 is 1.33. The molecule has 0 saturated heterocycles. The molecule has 28 heavy (non-hydrogen) atoms. The number of nitrogens with one attached hydrogen (secondary N) is 1. The van der Waals surface area contributed by atoms with Gasteiger partial charge in [0.1, 0.15) is 11.0 Å². The van der Waals surface area contributed by atoms with Crippen LogP contribution in [-0.2, 0) is 9.53 Å². The predicted molar refractivity (Wildman–Crippen MR) is 105 cm³/mol. The zero-order valence-corrected chi connectivity index (χ0v) is 16.2. The standard InChI is InChI=1S/C19H19N5O3S/c1-3-27-18(25)16-15(12-6-8-14(26-2)9-7-12)23-24-17(21-22-19(24)28-16)13-5-4-10-20-11-13/h4-11,15-16,23H,3H2,1-2H3/t15-,16-/m1/s1. The molecule has 1 aromatic carbocycles. The van der Waals surface area contributed by atoms with Crippen LogP contribution in [0.1, 0.15) is 18.5 Å². The van der Waals surface area contributed by atoms with Crippen LogP contribution in [0.15, 0.2) is 53.9 Å². The number of hydrogen-bond donors (Lipinski definition) is 1. The summed E-state index contributed by atoms with van der Waals surface area (Å²) in [5.74, 6) is 1.09. The van der Waals surface area contributed by atoms with Crippen molar-refractivity contribution in [1.82, 2.24) is 19.9 Å². The lowest BCUT2D eigenvalue weighted by molar-refractivity contribution is -0.142. The second-order valence-electron chi connectivity index (χ2n) is 6.05. The Balaban J connectivity index is 1.73. The molecule has 0 bridgehead atoms. The molecule has 1 aliphatic rings. The second kappa shape index (κ2) is 7.89. The van der Waals surface area contributed by atoms with Crippen LogP contribution in [0.3, 0.4) is 0 Å². The largest absolute Gasteiger partial charge is 0.497 e. The number of thioether (sulfide) groups is 1. The molecular weight excluding hydrogens is 378 g/mol. The number of nitrogens with zero attached hydrogens (tertiary/aromatic N) is 4. The fourth-order valence-electron chi connectivity index (χ4n) is 3.00. The Morgan fingerprint density at radius 1 is 1.25 bits per heavy atom. The Labute approximate surface area is 166 Å².